The molecule has 4 rings (SSSR count). The maximum Gasteiger partial charge on any atom is 0.261 e. The molecule has 0 aliphatic heterocycles. The standard InChI is InChI=1S/C20H18N4O4S2/c1-11-18(13-5-3-4-6-15(13)22-11)16-10-29-20(23-16)24-19(25)14-9-12(30(21,26)27)7-8-17(14)28-2/h3-10,22H,1-2H3,(H2,21,26,27)(H,23,24,25). The van der Waals surface area contributed by atoms with Crippen LogP contribution in [0.25, 0.3) is 22.2 Å². The van der Waals surface area contributed by atoms with Crippen molar-refractivity contribution in [1.82, 2.24) is 9.97 Å². The fraction of sp³-hybridized carbons (Fsp3) is 0.100. The maximum absolute atomic E-state index is 12.8. The van der Waals surface area contributed by atoms with Gasteiger partial charge in [0.1, 0.15) is 5.75 Å². The highest BCUT2D eigenvalue weighted by atomic mass is 32.2. The predicted molar refractivity (Wildman–Crippen MR) is 116 cm³/mol. The Bertz CT molecular complexity index is 1370. The minimum atomic E-state index is -3.96. The first kappa shape index (κ1) is 20.1. The zero-order valence-electron chi connectivity index (χ0n) is 16.1. The number of sulfonamides is 1. The molecule has 0 saturated carbocycles. The van der Waals surface area contributed by atoms with Crippen molar-refractivity contribution in [3.05, 3.63) is 59.1 Å². The number of amides is 1. The highest BCUT2D eigenvalue weighted by Crippen LogP contribution is 2.34. The first-order valence-electron chi connectivity index (χ1n) is 8.83. The third kappa shape index (κ3) is 3.67. The number of methoxy groups -OCH3 is 1. The van der Waals surface area contributed by atoms with Gasteiger partial charge in [0.15, 0.2) is 5.13 Å². The highest BCUT2D eigenvalue weighted by Gasteiger charge is 2.19. The van der Waals surface area contributed by atoms with Crippen LogP contribution in [-0.2, 0) is 10.0 Å². The number of nitrogens with zero attached hydrogens (tertiary/aromatic N) is 1. The van der Waals surface area contributed by atoms with E-state index in [1.807, 2.05) is 36.6 Å². The van der Waals surface area contributed by atoms with Gasteiger partial charge in [-0.15, -0.1) is 11.3 Å². The van der Waals surface area contributed by atoms with Gasteiger partial charge in [-0.25, -0.2) is 18.5 Å². The maximum atomic E-state index is 12.8. The average molecular weight is 443 g/mol. The lowest BCUT2D eigenvalue weighted by atomic mass is 10.1. The molecule has 2 aromatic carbocycles. The number of primary sulfonamides is 1. The van der Waals surface area contributed by atoms with Gasteiger partial charge >= 0.3 is 0 Å². The van der Waals surface area contributed by atoms with Gasteiger partial charge in [0, 0.05) is 27.5 Å². The normalized spacial score (nSPS) is 11.6. The minimum Gasteiger partial charge on any atom is -0.496 e. The molecule has 30 heavy (non-hydrogen) atoms. The van der Waals surface area contributed by atoms with E-state index in [1.54, 1.807) is 0 Å². The monoisotopic (exact) mass is 442 g/mol. The summed E-state index contributed by atoms with van der Waals surface area (Å²) in [6.45, 7) is 1.97. The third-order valence-electron chi connectivity index (χ3n) is 4.62. The molecule has 0 aliphatic rings. The summed E-state index contributed by atoms with van der Waals surface area (Å²) in [5.41, 5.74) is 3.73. The number of nitrogens with one attached hydrogen (secondary N) is 2. The summed E-state index contributed by atoms with van der Waals surface area (Å²) in [6, 6.07) is 11.8. The number of aryl methyl sites for hydroxylation is 1. The molecule has 2 aromatic heterocycles. The van der Waals surface area contributed by atoms with Crippen LogP contribution in [0.5, 0.6) is 5.75 Å². The first-order valence-corrected chi connectivity index (χ1v) is 11.3. The van der Waals surface area contributed by atoms with E-state index in [4.69, 9.17) is 9.88 Å². The van der Waals surface area contributed by atoms with E-state index >= 15 is 0 Å². The van der Waals surface area contributed by atoms with Crippen LogP contribution in [0.3, 0.4) is 0 Å². The van der Waals surface area contributed by atoms with Crippen molar-refractivity contribution in [2.45, 2.75) is 11.8 Å². The average Bonchev–Trinajstić information content (AvgIpc) is 3.29. The van der Waals surface area contributed by atoms with Crippen LogP contribution in [0, 0.1) is 6.92 Å². The molecule has 8 nitrogen and oxygen atoms in total. The van der Waals surface area contributed by atoms with Crippen LogP contribution < -0.4 is 15.2 Å². The molecule has 10 heteroatoms. The lowest BCUT2D eigenvalue weighted by Gasteiger charge is -2.09. The number of carbonyl (C=O) groups excluding carboxylic acids is 1. The molecule has 1 amide bonds. The minimum absolute atomic E-state index is 0.0454. The van der Waals surface area contributed by atoms with E-state index < -0.39 is 15.9 Å². The number of aromatic amines is 1. The molecule has 0 unspecified atom stereocenters. The quantitative estimate of drug-likeness (QED) is 0.436. The predicted octanol–water partition coefficient (Wildman–Crippen LogP) is 3.51. The summed E-state index contributed by atoms with van der Waals surface area (Å²) in [6.07, 6.45) is 0. The molecule has 0 aliphatic carbocycles. The van der Waals surface area contributed by atoms with E-state index in [2.05, 4.69) is 15.3 Å². The van der Waals surface area contributed by atoms with Gasteiger partial charge in [-0.2, -0.15) is 0 Å². The number of hydrogen-bond donors (Lipinski definition) is 3. The number of aromatic nitrogens is 2. The summed E-state index contributed by atoms with van der Waals surface area (Å²) >= 11 is 1.27. The van der Waals surface area contributed by atoms with Crippen molar-refractivity contribution in [3.63, 3.8) is 0 Å². The van der Waals surface area contributed by atoms with Crippen molar-refractivity contribution in [1.29, 1.82) is 0 Å². The fourth-order valence-electron chi connectivity index (χ4n) is 3.26. The van der Waals surface area contributed by atoms with Crippen LogP contribution in [0.15, 0.2) is 52.7 Å². The third-order valence-corrected chi connectivity index (χ3v) is 6.29. The molecule has 0 fully saturated rings. The second-order valence-corrected chi connectivity index (χ2v) is 8.99. The van der Waals surface area contributed by atoms with Crippen LogP contribution in [0.2, 0.25) is 0 Å². The van der Waals surface area contributed by atoms with E-state index in [9.17, 15) is 13.2 Å². The van der Waals surface area contributed by atoms with Gasteiger partial charge in [-0.3, -0.25) is 10.1 Å². The Morgan fingerprint density at radius 2 is 2.00 bits per heavy atom. The van der Waals surface area contributed by atoms with E-state index in [1.165, 1.54) is 36.6 Å². The van der Waals surface area contributed by atoms with Crippen LogP contribution in [0.1, 0.15) is 16.1 Å². The number of rotatable bonds is 5. The first-order chi connectivity index (χ1) is 14.3. The van der Waals surface area contributed by atoms with Gasteiger partial charge in [0.2, 0.25) is 10.0 Å². The van der Waals surface area contributed by atoms with Gasteiger partial charge in [0.25, 0.3) is 5.91 Å². The Morgan fingerprint density at radius 3 is 2.73 bits per heavy atom. The van der Waals surface area contributed by atoms with Crippen LogP contribution >= 0.6 is 11.3 Å². The van der Waals surface area contributed by atoms with Crippen molar-refractivity contribution in [2.75, 3.05) is 12.4 Å². The number of anilines is 1. The topological polar surface area (TPSA) is 127 Å². The molecule has 0 radical (unpaired) electrons. The molecular formula is C20H18N4O4S2. The number of benzene rings is 2. The van der Waals surface area contributed by atoms with Crippen LogP contribution in [0.4, 0.5) is 5.13 Å². The Balaban J connectivity index is 1.66. The molecule has 4 N–H and O–H groups in total. The van der Waals surface area contributed by atoms with E-state index in [0.29, 0.717) is 5.13 Å². The number of carbonyl (C=O) groups is 1. The van der Waals surface area contributed by atoms with Gasteiger partial charge in [-0.1, -0.05) is 18.2 Å². The summed E-state index contributed by atoms with van der Waals surface area (Å²) < 4.78 is 28.4. The largest absolute Gasteiger partial charge is 0.496 e. The number of hydrogen-bond acceptors (Lipinski definition) is 6. The summed E-state index contributed by atoms with van der Waals surface area (Å²) in [7, 11) is -2.57. The summed E-state index contributed by atoms with van der Waals surface area (Å²) in [5, 5.41) is 11.2. The van der Waals surface area contributed by atoms with Gasteiger partial charge < -0.3 is 9.72 Å². The Labute approximate surface area is 176 Å². The molecule has 154 valence electrons. The van der Waals surface area contributed by atoms with Crippen molar-refractivity contribution in [2.24, 2.45) is 5.14 Å². The number of ether oxygens (including phenoxy) is 1. The van der Waals surface area contributed by atoms with Crippen molar-refractivity contribution in [3.8, 4) is 17.0 Å². The van der Waals surface area contributed by atoms with Crippen molar-refractivity contribution >= 4 is 43.3 Å². The number of thiazole rings is 1. The number of fused-ring (bicyclic) bond motifs is 1. The Hall–Kier alpha value is -3.21. The lowest BCUT2D eigenvalue weighted by Crippen LogP contribution is -2.16. The number of nitrogens with two attached hydrogens (primary N) is 1. The smallest absolute Gasteiger partial charge is 0.261 e. The second kappa shape index (κ2) is 7.56. The summed E-state index contributed by atoms with van der Waals surface area (Å²) in [5.74, 6) is -0.321. The molecule has 2 heterocycles. The highest BCUT2D eigenvalue weighted by molar-refractivity contribution is 7.89. The molecule has 0 spiro atoms. The number of H-pyrrole nitrogens is 1. The molecule has 0 saturated heterocycles. The second-order valence-electron chi connectivity index (χ2n) is 6.57. The van der Waals surface area contributed by atoms with E-state index in [0.717, 1.165) is 27.9 Å². The summed E-state index contributed by atoms with van der Waals surface area (Å²) in [4.78, 5) is 20.5. The Kier molecular flexibility index (Phi) is 5.06. The van der Waals surface area contributed by atoms with Gasteiger partial charge in [0.05, 0.1) is 23.3 Å². The van der Waals surface area contributed by atoms with Gasteiger partial charge in [-0.05, 0) is 31.2 Å². The van der Waals surface area contributed by atoms with Crippen LogP contribution in [-0.4, -0.2) is 31.4 Å². The number of para-hydroxylation sites is 1. The van der Waals surface area contributed by atoms with E-state index in [-0.39, 0.29) is 16.2 Å². The zero-order chi connectivity index (χ0) is 21.5. The lowest BCUT2D eigenvalue weighted by molar-refractivity contribution is 0.102. The SMILES string of the molecule is COc1ccc(S(N)(=O)=O)cc1C(=O)Nc1nc(-c2c(C)[nH]c3ccccc23)cs1. The molecule has 0 atom stereocenters. The van der Waals surface area contributed by atoms with Crippen molar-refractivity contribution < 1.29 is 17.9 Å². The Morgan fingerprint density at radius 1 is 1.23 bits per heavy atom. The molecular weight excluding hydrogens is 424 g/mol. The zero-order valence-corrected chi connectivity index (χ0v) is 17.7. The molecule has 4 aromatic rings. The fourth-order valence-corrected chi connectivity index (χ4v) is 4.49. The molecule has 0 bridgehead atoms.